The van der Waals surface area contributed by atoms with E-state index < -0.39 is 0 Å². The minimum atomic E-state index is 0.508. The lowest BCUT2D eigenvalue weighted by Crippen LogP contribution is -2.09. The van der Waals surface area contributed by atoms with Gasteiger partial charge in [0.25, 0.3) is 0 Å². The van der Waals surface area contributed by atoms with Crippen LogP contribution in [0.5, 0.6) is 0 Å². The topological polar surface area (TPSA) is 80.5 Å². The number of alkyl halides is 1. The molecule has 2 heterocycles. The molecule has 3 N–H and O–H groups in total. The molecule has 0 atom stereocenters. The summed E-state index contributed by atoms with van der Waals surface area (Å²) in [5.74, 6) is 3.01. The van der Waals surface area contributed by atoms with E-state index in [1.54, 1.807) is 0 Å². The van der Waals surface area contributed by atoms with E-state index >= 15 is 0 Å². The molecule has 0 aliphatic heterocycles. The predicted molar refractivity (Wildman–Crippen MR) is 83.6 cm³/mol. The summed E-state index contributed by atoms with van der Waals surface area (Å²) in [7, 11) is 0. The monoisotopic (exact) mass is 337 g/mol. The molecule has 2 aromatic rings. The Morgan fingerprint density at radius 2 is 1.95 bits per heavy atom. The van der Waals surface area contributed by atoms with E-state index in [2.05, 4.69) is 35.9 Å². The molecule has 1 aliphatic carbocycles. The normalized spacial score (nSPS) is 16.9. The minimum absolute atomic E-state index is 0.508. The predicted octanol–water partition coefficient (Wildman–Crippen LogP) is 3.34. The first-order valence-corrected chi connectivity index (χ1v) is 8.45. The zero-order valence-electron chi connectivity index (χ0n) is 11.5. The molecular weight excluding hydrogens is 318 g/mol. The summed E-state index contributed by atoms with van der Waals surface area (Å²) in [6.45, 7) is 0. The number of nitrogens with two attached hydrogens (primary N) is 1. The maximum Gasteiger partial charge on any atom is 0.183 e. The van der Waals surface area contributed by atoms with Crippen molar-refractivity contribution < 1.29 is 0 Å². The lowest BCUT2D eigenvalue weighted by atomic mass is 9.86. The lowest BCUT2D eigenvalue weighted by molar-refractivity contribution is 0.337. The summed E-state index contributed by atoms with van der Waals surface area (Å²) in [5, 5.41) is 0.667. The zero-order valence-corrected chi connectivity index (χ0v) is 13.1. The molecule has 5 nitrogen and oxygen atoms in total. The second-order valence-corrected chi connectivity index (χ2v) is 6.14. The summed E-state index contributed by atoms with van der Waals surface area (Å²) in [5.41, 5.74) is 7.43. The Morgan fingerprint density at radius 1 is 1.15 bits per heavy atom. The maximum absolute atomic E-state index is 6.00. The van der Waals surface area contributed by atoms with Crippen LogP contribution in [-0.4, -0.2) is 19.9 Å². The largest absolute Gasteiger partial charge is 0.382 e. The van der Waals surface area contributed by atoms with Crippen molar-refractivity contribution in [2.45, 2.75) is 50.3 Å². The Morgan fingerprint density at radius 3 is 2.70 bits per heavy atom. The van der Waals surface area contributed by atoms with Crippen LogP contribution in [0.1, 0.15) is 50.2 Å². The fourth-order valence-corrected chi connectivity index (χ4v) is 3.26. The quantitative estimate of drug-likeness (QED) is 0.838. The SMILES string of the molecule is Nc1nc(CCC2CCCCC2)nc2nc(CBr)[nH]c12. The molecule has 2 aromatic heterocycles. The van der Waals surface area contributed by atoms with E-state index in [9.17, 15) is 0 Å². The Bertz CT molecular complexity index is 589. The number of fused-ring (bicyclic) bond motifs is 1. The van der Waals surface area contributed by atoms with Crippen LogP contribution in [0.4, 0.5) is 5.82 Å². The summed E-state index contributed by atoms with van der Waals surface area (Å²) in [6.07, 6.45) is 8.93. The van der Waals surface area contributed by atoms with Gasteiger partial charge in [0, 0.05) is 6.42 Å². The van der Waals surface area contributed by atoms with Gasteiger partial charge in [-0.2, -0.15) is 0 Å². The highest BCUT2D eigenvalue weighted by Crippen LogP contribution is 2.27. The third-order valence-electron chi connectivity index (χ3n) is 4.10. The number of H-pyrrole nitrogens is 1. The molecular formula is C14H20BrN5. The van der Waals surface area contributed by atoms with E-state index in [-0.39, 0.29) is 0 Å². The van der Waals surface area contributed by atoms with Crippen molar-refractivity contribution in [1.29, 1.82) is 0 Å². The number of nitrogen functional groups attached to an aromatic ring is 1. The maximum atomic E-state index is 6.00. The van der Waals surface area contributed by atoms with Crippen molar-refractivity contribution >= 4 is 32.9 Å². The van der Waals surface area contributed by atoms with Crippen LogP contribution in [0.3, 0.4) is 0 Å². The molecule has 6 heteroatoms. The Kier molecular flexibility index (Phi) is 4.19. The van der Waals surface area contributed by atoms with E-state index in [1.807, 2.05) is 0 Å². The smallest absolute Gasteiger partial charge is 0.183 e. The summed E-state index contributed by atoms with van der Waals surface area (Å²) in [6, 6.07) is 0. The van der Waals surface area contributed by atoms with Crippen LogP contribution in [0.25, 0.3) is 11.2 Å². The number of aromatic nitrogens is 4. The van der Waals surface area contributed by atoms with Gasteiger partial charge in [0.2, 0.25) is 0 Å². The van der Waals surface area contributed by atoms with Crippen LogP contribution >= 0.6 is 15.9 Å². The number of aryl methyl sites for hydroxylation is 1. The molecule has 3 rings (SSSR count). The van der Waals surface area contributed by atoms with E-state index in [1.165, 1.54) is 38.5 Å². The van der Waals surface area contributed by atoms with Gasteiger partial charge in [0.05, 0.1) is 5.33 Å². The first-order valence-electron chi connectivity index (χ1n) is 7.33. The Hall–Kier alpha value is -1.17. The Labute approximate surface area is 126 Å². The van der Waals surface area contributed by atoms with Crippen molar-refractivity contribution in [3.8, 4) is 0 Å². The van der Waals surface area contributed by atoms with Gasteiger partial charge >= 0.3 is 0 Å². The molecule has 0 radical (unpaired) electrons. The van der Waals surface area contributed by atoms with Crippen molar-refractivity contribution in [2.75, 3.05) is 5.73 Å². The molecule has 1 saturated carbocycles. The number of nitrogens with zero attached hydrogens (tertiary/aromatic N) is 3. The minimum Gasteiger partial charge on any atom is -0.382 e. The highest BCUT2D eigenvalue weighted by atomic mass is 79.9. The van der Waals surface area contributed by atoms with Crippen LogP contribution < -0.4 is 5.73 Å². The molecule has 0 amide bonds. The van der Waals surface area contributed by atoms with Crippen molar-refractivity contribution in [1.82, 2.24) is 19.9 Å². The number of imidazole rings is 1. The number of halogens is 1. The van der Waals surface area contributed by atoms with Crippen molar-refractivity contribution in [3.63, 3.8) is 0 Å². The fraction of sp³-hybridized carbons (Fsp3) is 0.643. The van der Waals surface area contributed by atoms with Gasteiger partial charge < -0.3 is 10.7 Å². The number of anilines is 1. The Balaban J connectivity index is 1.74. The molecule has 0 unspecified atom stereocenters. The second-order valence-electron chi connectivity index (χ2n) is 5.58. The molecule has 1 aliphatic rings. The van der Waals surface area contributed by atoms with E-state index in [0.717, 1.165) is 29.5 Å². The molecule has 1 fully saturated rings. The number of rotatable bonds is 4. The van der Waals surface area contributed by atoms with Gasteiger partial charge in [0.1, 0.15) is 17.2 Å². The van der Waals surface area contributed by atoms with E-state index in [4.69, 9.17) is 5.73 Å². The van der Waals surface area contributed by atoms with Gasteiger partial charge in [-0.25, -0.2) is 15.0 Å². The number of hydrogen-bond donors (Lipinski definition) is 2. The number of aromatic amines is 1. The molecule has 0 aromatic carbocycles. The summed E-state index contributed by atoms with van der Waals surface area (Å²) >= 11 is 3.38. The highest BCUT2D eigenvalue weighted by molar-refractivity contribution is 9.08. The first-order chi connectivity index (χ1) is 9.76. The zero-order chi connectivity index (χ0) is 13.9. The molecule has 0 saturated heterocycles. The number of hydrogen-bond acceptors (Lipinski definition) is 4. The average molecular weight is 338 g/mol. The van der Waals surface area contributed by atoms with Crippen LogP contribution in [0, 0.1) is 5.92 Å². The van der Waals surface area contributed by atoms with Gasteiger partial charge in [-0.3, -0.25) is 0 Å². The van der Waals surface area contributed by atoms with Crippen LogP contribution in [0.15, 0.2) is 0 Å². The molecule has 108 valence electrons. The van der Waals surface area contributed by atoms with Gasteiger partial charge in [-0.15, -0.1) is 0 Å². The number of nitrogens with one attached hydrogen (secondary N) is 1. The highest BCUT2D eigenvalue weighted by Gasteiger charge is 2.15. The molecule has 0 bridgehead atoms. The molecule has 20 heavy (non-hydrogen) atoms. The lowest BCUT2D eigenvalue weighted by Gasteiger charge is -2.20. The van der Waals surface area contributed by atoms with Crippen molar-refractivity contribution in [3.05, 3.63) is 11.6 Å². The van der Waals surface area contributed by atoms with Crippen molar-refractivity contribution in [2.24, 2.45) is 5.92 Å². The van der Waals surface area contributed by atoms with E-state index in [0.29, 0.717) is 16.8 Å². The standard InChI is InChI=1S/C14H20BrN5/c15-8-11-17-12-13(16)18-10(19-14(12)20-11)7-6-9-4-2-1-3-5-9/h9H,1-8H2,(H3,16,17,18,19,20). The second kappa shape index (κ2) is 6.08. The van der Waals surface area contributed by atoms with Gasteiger partial charge in [-0.1, -0.05) is 48.0 Å². The first kappa shape index (κ1) is 13.8. The van der Waals surface area contributed by atoms with Gasteiger partial charge in [-0.05, 0) is 12.3 Å². The summed E-state index contributed by atoms with van der Waals surface area (Å²) in [4.78, 5) is 16.5. The average Bonchev–Trinajstić information content (AvgIpc) is 2.90. The summed E-state index contributed by atoms with van der Waals surface area (Å²) < 4.78 is 0. The third-order valence-corrected chi connectivity index (χ3v) is 4.63. The van der Waals surface area contributed by atoms with Crippen LogP contribution in [0.2, 0.25) is 0 Å². The van der Waals surface area contributed by atoms with Gasteiger partial charge in [0.15, 0.2) is 11.5 Å². The molecule has 0 spiro atoms. The fourth-order valence-electron chi connectivity index (χ4n) is 3.00. The van der Waals surface area contributed by atoms with Crippen LogP contribution in [-0.2, 0) is 11.8 Å². The third kappa shape index (κ3) is 2.95.